The van der Waals surface area contributed by atoms with Crippen molar-refractivity contribution in [3.63, 3.8) is 0 Å². The third kappa shape index (κ3) is 4.15. The van der Waals surface area contributed by atoms with Crippen LogP contribution in [0.2, 0.25) is 0 Å². The average Bonchev–Trinajstić information content (AvgIpc) is 3.22. The van der Waals surface area contributed by atoms with Gasteiger partial charge in [-0.05, 0) is 44.2 Å². The van der Waals surface area contributed by atoms with E-state index in [-0.39, 0.29) is 17.7 Å². The summed E-state index contributed by atoms with van der Waals surface area (Å²) in [5.74, 6) is 7.27. The second-order valence-electron chi connectivity index (χ2n) is 6.35. The molecule has 0 atom stereocenters. The van der Waals surface area contributed by atoms with E-state index in [4.69, 9.17) is 11.6 Å². The standard InChI is InChI=1S/C17H18FN11S/c1-9-7-10(2)29(27-9)16-25-26-17(28(16)20)30-8-13-22-14(19)24-15(23-13)21-12-5-3-11(18)4-6-12/h3-7H,8,20H2,1-2H3,(H3,19,21,22,23,24). The molecule has 0 aliphatic carbocycles. The normalized spacial score (nSPS) is 11.0. The number of hydrogen-bond donors (Lipinski definition) is 3. The van der Waals surface area contributed by atoms with E-state index < -0.39 is 0 Å². The van der Waals surface area contributed by atoms with Gasteiger partial charge in [0, 0.05) is 11.4 Å². The molecule has 1 aromatic carbocycles. The number of halogens is 1. The third-order valence-corrected chi connectivity index (χ3v) is 4.91. The highest BCUT2D eigenvalue weighted by Gasteiger charge is 2.16. The van der Waals surface area contributed by atoms with Crippen molar-refractivity contribution in [3.05, 3.63) is 53.4 Å². The van der Waals surface area contributed by atoms with Gasteiger partial charge in [-0.1, -0.05) is 11.8 Å². The molecule has 0 saturated heterocycles. The van der Waals surface area contributed by atoms with Crippen molar-refractivity contribution in [2.45, 2.75) is 24.8 Å². The van der Waals surface area contributed by atoms with Crippen LogP contribution < -0.4 is 16.9 Å². The number of nitrogens with two attached hydrogens (primary N) is 2. The highest BCUT2D eigenvalue weighted by atomic mass is 32.2. The molecule has 11 nitrogen and oxygen atoms in total. The molecule has 0 fully saturated rings. The van der Waals surface area contributed by atoms with Crippen LogP contribution in [0, 0.1) is 19.7 Å². The molecule has 3 aromatic heterocycles. The van der Waals surface area contributed by atoms with Gasteiger partial charge in [0.25, 0.3) is 5.95 Å². The van der Waals surface area contributed by atoms with E-state index in [0.29, 0.717) is 28.4 Å². The van der Waals surface area contributed by atoms with Crippen molar-refractivity contribution in [3.8, 4) is 5.95 Å². The van der Waals surface area contributed by atoms with Crippen LogP contribution >= 0.6 is 11.8 Å². The third-order valence-electron chi connectivity index (χ3n) is 3.98. The summed E-state index contributed by atoms with van der Waals surface area (Å²) in [6.45, 7) is 3.80. The molecule has 0 unspecified atom stereocenters. The molecular weight excluding hydrogens is 409 g/mol. The van der Waals surface area contributed by atoms with Crippen LogP contribution in [0.25, 0.3) is 5.95 Å². The average molecular weight is 427 g/mol. The van der Waals surface area contributed by atoms with Crippen molar-refractivity contribution >= 4 is 29.3 Å². The van der Waals surface area contributed by atoms with E-state index in [9.17, 15) is 4.39 Å². The number of benzene rings is 1. The maximum absolute atomic E-state index is 13.1. The van der Waals surface area contributed by atoms with Crippen molar-refractivity contribution in [2.24, 2.45) is 0 Å². The van der Waals surface area contributed by atoms with Crippen LogP contribution in [0.3, 0.4) is 0 Å². The fourth-order valence-electron chi connectivity index (χ4n) is 2.69. The monoisotopic (exact) mass is 427 g/mol. The number of nitrogens with one attached hydrogen (secondary N) is 1. The Morgan fingerprint density at radius 3 is 2.57 bits per heavy atom. The summed E-state index contributed by atoms with van der Waals surface area (Å²) in [6, 6.07) is 7.73. The number of aromatic nitrogens is 8. The molecule has 13 heteroatoms. The smallest absolute Gasteiger partial charge is 0.271 e. The summed E-state index contributed by atoms with van der Waals surface area (Å²) in [5, 5.41) is 16.0. The Bertz CT molecular complexity index is 1190. The lowest BCUT2D eigenvalue weighted by Crippen LogP contribution is -2.17. The highest BCUT2D eigenvalue weighted by molar-refractivity contribution is 7.98. The van der Waals surface area contributed by atoms with Crippen LogP contribution in [0.4, 0.5) is 22.0 Å². The molecular formula is C17H18FN11S. The maximum atomic E-state index is 13.1. The topological polar surface area (TPSA) is 151 Å². The first kappa shape index (κ1) is 19.6. The van der Waals surface area contributed by atoms with Gasteiger partial charge >= 0.3 is 0 Å². The SMILES string of the molecule is Cc1cc(C)n(-c2nnc(SCc3nc(N)nc(Nc4ccc(F)cc4)n3)n2N)n1. The Balaban J connectivity index is 1.49. The van der Waals surface area contributed by atoms with E-state index in [2.05, 4.69) is 35.6 Å². The molecule has 0 radical (unpaired) electrons. The summed E-state index contributed by atoms with van der Waals surface area (Å²) in [4.78, 5) is 12.5. The van der Waals surface area contributed by atoms with Crippen LogP contribution in [-0.4, -0.2) is 39.6 Å². The summed E-state index contributed by atoms with van der Waals surface area (Å²) >= 11 is 1.29. The van der Waals surface area contributed by atoms with Gasteiger partial charge < -0.3 is 16.9 Å². The van der Waals surface area contributed by atoms with Crippen molar-refractivity contribution < 1.29 is 4.39 Å². The van der Waals surface area contributed by atoms with E-state index >= 15 is 0 Å². The quantitative estimate of drug-likeness (QED) is 0.306. The number of hydrogen-bond acceptors (Lipinski definition) is 10. The van der Waals surface area contributed by atoms with Crippen LogP contribution in [0.15, 0.2) is 35.5 Å². The van der Waals surface area contributed by atoms with Gasteiger partial charge in [-0.15, -0.1) is 10.2 Å². The molecule has 0 spiro atoms. The first-order chi connectivity index (χ1) is 14.4. The van der Waals surface area contributed by atoms with Gasteiger partial charge in [-0.25, -0.2) is 13.7 Å². The summed E-state index contributed by atoms with van der Waals surface area (Å²) in [6.07, 6.45) is 0. The zero-order chi connectivity index (χ0) is 21.3. The second-order valence-corrected chi connectivity index (χ2v) is 7.29. The first-order valence-electron chi connectivity index (χ1n) is 8.79. The molecule has 3 heterocycles. The first-order valence-corrected chi connectivity index (χ1v) is 9.77. The van der Waals surface area contributed by atoms with Gasteiger partial charge in [0.1, 0.15) is 11.6 Å². The van der Waals surface area contributed by atoms with Crippen LogP contribution in [-0.2, 0) is 5.75 Å². The Labute approximate surface area is 174 Å². The van der Waals surface area contributed by atoms with E-state index in [1.54, 1.807) is 16.8 Å². The molecule has 4 aromatic rings. The maximum Gasteiger partial charge on any atom is 0.271 e. The lowest BCUT2D eigenvalue weighted by atomic mass is 10.3. The highest BCUT2D eigenvalue weighted by Crippen LogP contribution is 2.22. The minimum Gasteiger partial charge on any atom is -0.368 e. The zero-order valence-corrected chi connectivity index (χ0v) is 16.9. The Morgan fingerprint density at radius 1 is 1.10 bits per heavy atom. The van der Waals surface area contributed by atoms with Crippen molar-refractivity contribution in [1.29, 1.82) is 0 Å². The molecule has 4 rings (SSSR count). The zero-order valence-electron chi connectivity index (χ0n) is 16.1. The Hall–Kier alpha value is -3.74. The van der Waals surface area contributed by atoms with Gasteiger partial charge in [-0.3, -0.25) is 0 Å². The summed E-state index contributed by atoms with van der Waals surface area (Å²) in [5.41, 5.74) is 8.16. The number of nitrogens with zero attached hydrogens (tertiary/aromatic N) is 8. The number of aryl methyl sites for hydroxylation is 2. The number of thioether (sulfide) groups is 1. The van der Waals surface area contributed by atoms with Crippen LogP contribution in [0.1, 0.15) is 17.2 Å². The van der Waals surface area contributed by atoms with Crippen molar-refractivity contribution in [2.75, 3.05) is 16.9 Å². The van der Waals surface area contributed by atoms with E-state index in [1.165, 1.54) is 28.6 Å². The summed E-state index contributed by atoms with van der Waals surface area (Å²) in [7, 11) is 0. The van der Waals surface area contributed by atoms with Gasteiger partial charge in [0.05, 0.1) is 11.4 Å². The molecule has 0 amide bonds. The lowest BCUT2D eigenvalue weighted by molar-refractivity contribution is 0.628. The second kappa shape index (κ2) is 7.94. The molecule has 5 N–H and O–H groups in total. The fraction of sp³-hybridized carbons (Fsp3) is 0.176. The predicted molar refractivity (Wildman–Crippen MR) is 110 cm³/mol. The van der Waals surface area contributed by atoms with Gasteiger partial charge in [-0.2, -0.15) is 20.1 Å². The molecule has 154 valence electrons. The van der Waals surface area contributed by atoms with E-state index in [1.807, 2.05) is 19.9 Å². The number of nitrogen functional groups attached to an aromatic ring is 2. The molecule has 0 bridgehead atoms. The Morgan fingerprint density at radius 2 is 1.87 bits per heavy atom. The molecule has 0 saturated carbocycles. The minimum atomic E-state index is -0.335. The molecule has 0 aliphatic heterocycles. The molecule has 30 heavy (non-hydrogen) atoms. The van der Waals surface area contributed by atoms with Gasteiger partial charge in [0.15, 0.2) is 0 Å². The van der Waals surface area contributed by atoms with Gasteiger partial charge in [0.2, 0.25) is 17.1 Å². The number of rotatable bonds is 6. The van der Waals surface area contributed by atoms with Crippen LogP contribution in [0.5, 0.6) is 0 Å². The van der Waals surface area contributed by atoms with Crippen molar-refractivity contribution in [1.82, 2.24) is 39.6 Å². The van der Waals surface area contributed by atoms with E-state index in [0.717, 1.165) is 11.4 Å². The fourth-order valence-corrected chi connectivity index (χ4v) is 3.40. The molecule has 0 aliphatic rings. The predicted octanol–water partition coefficient (Wildman–Crippen LogP) is 1.74. The number of anilines is 3. The Kier molecular flexibility index (Phi) is 5.18. The lowest BCUT2D eigenvalue weighted by Gasteiger charge is -2.07. The largest absolute Gasteiger partial charge is 0.368 e. The minimum absolute atomic E-state index is 0.0581. The summed E-state index contributed by atoms with van der Waals surface area (Å²) < 4.78 is 16.0.